The molecule has 0 spiro atoms. The number of fused-ring (bicyclic) bond motifs is 1. The van der Waals surface area contributed by atoms with Crippen LogP contribution in [0.5, 0.6) is 0 Å². The Bertz CT molecular complexity index is 1530. The van der Waals surface area contributed by atoms with Gasteiger partial charge in [-0.15, -0.1) is 0 Å². The van der Waals surface area contributed by atoms with Gasteiger partial charge >= 0.3 is 23.9 Å². The van der Waals surface area contributed by atoms with Crippen molar-refractivity contribution < 1.29 is 47.7 Å². The van der Waals surface area contributed by atoms with Gasteiger partial charge in [-0.3, -0.25) is 24.0 Å². The van der Waals surface area contributed by atoms with Crippen LogP contribution in [0.2, 0.25) is 0 Å². The summed E-state index contributed by atoms with van der Waals surface area (Å²) in [5.74, 6) is -3.05. The zero-order chi connectivity index (χ0) is 30.7. The van der Waals surface area contributed by atoms with Crippen molar-refractivity contribution in [3.8, 4) is 0 Å². The van der Waals surface area contributed by atoms with E-state index in [1.54, 1.807) is 47.2 Å². The number of halogens is 1. The van der Waals surface area contributed by atoms with E-state index in [9.17, 15) is 24.0 Å². The number of rotatable bonds is 8. The Balaban J connectivity index is 1.91. The molecule has 0 radical (unpaired) electrons. The van der Waals surface area contributed by atoms with E-state index >= 15 is 0 Å². The molecule has 1 fully saturated rings. The van der Waals surface area contributed by atoms with E-state index in [-0.39, 0.29) is 12.4 Å². The smallest absolute Gasteiger partial charge is 0.303 e. The summed E-state index contributed by atoms with van der Waals surface area (Å²) in [6.45, 7) is 6.19. The molecule has 1 aliphatic rings. The number of ketones is 1. The molecule has 42 heavy (non-hydrogen) atoms. The molecule has 1 aliphatic heterocycles. The Morgan fingerprint density at radius 1 is 0.810 bits per heavy atom. The minimum Gasteiger partial charge on any atom is -0.463 e. The maximum atomic E-state index is 13.8. The quantitative estimate of drug-likeness (QED) is 0.199. The van der Waals surface area contributed by atoms with Gasteiger partial charge in [0, 0.05) is 54.9 Å². The fourth-order valence-electron chi connectivity index (χ4n) is 5.06. The predicted octanol–water partition coefficient (Wildman–Crippen LogP) is 4.20. The lowest BCUT2D eigenvalue weighted by molar-refractivity contribution is -0.267. The number of hydrogen-bond donors (Lipinski definition) is 0. The number of nitrogens with zero attached hydrogens (tertiary/aromatic N) is 1. The van der Waals surface area contributed by atoms with Gasteiger partial charge in [0.15, 0.2) is 30.3 Å². The third kappa shape index (κ3) is 6.71. The minimum atomic E-state index is -1.34. The number of esters is 4. The first-order chi connectivity index (χ1) is 19.9. The highest BCUT2D eigenvalue weighted by Crippen LogP contribution is 2.38. The Kier molecular flexibility index (Phi) is 9.47. The van der Waals surface area contributed by atoms with Crippen LogP contribution in [0.25, 0.3) is 10.9 Å². The van der Waals surface area contributed by atoms with E-state index in [1.807, 2.05) is 13.0 Å². The third-order valence-corrected chi connectivity index (χ3v) is 7.19. The van der Waals surface area contributed by atoms with Gasteiger partial charge in [0.2, 0.25) is 0 Å². The fourth-order valence-corrected chi connectivity index (χ4v) is 5.32. The van der Waals surface area contributed by atoms with E-state index in [0.29, 0.717) is 22.0 Å². The lowest BCUT2D eigenvalue weighted by atomic mass is 9.97. The molecule has 5 atom stereocenters. The molecule has 0 aliphatic carbocycles. The second kappa shape index (κ2) is 12.9. The van der Waals surface area contributed by atoms with Gasteiger partial charge in [-0.25, -0.2) is 0 Å². The number of ether oxygens (including phenoxy) is 5. The predicted molar refractivity (Wildman–Crippen MR) is 151 cm³/mol. The van der Waals surface area contributed by atoms with Gasteiger partial charge in [0.05, 0.1) is 5.52 Å². The van der Waals surface area contributed by atoms with Gasteiger partial charge in [-0.1, -0.05) is 28.1 Å². The average Bonchev–Trinajstić information content (AvgIpc) is 3.30. The highest BCUT2D eigenvalue weighted by molar-refractivity contribution is 9.10. The summed E-state index contributed by atoms with van der Waals surface area (Å²) in [6.07, 6.45) is -4.70. The van der Waals surface area contributed by atoms with Crippen LogP contribution in [-0.2, 0) is 42.9 Å². The highest BCUT2D eigenvalue weighted by atomic mass is 79.9. The van der Waals surface area contributed by atoms with Gasteiger partial charge in [0.1, 0.15) is 12.7 Å². The Labute approximate surface area is 250 Å². The van der Waals surface area contributed by atoms with Crippen molar-refractivity contribution in [2.75, 3.05) is 6.61 Å². The molecule has 12 heteroatoms. The molecule has 0 amide bonds. The van der Waals surface area contributed by atoms with Crippen LogP contribution < -0.4 is 0 Å². The number of carbonyl (C=O) groups is 5. The van der Waals surface area contributed by atoms with Crippen molar-refractivity contribution in [2.24, 2.45) is 0 Å². The molecule has 0 unspecified atom stereocenters. The molecule has 1 aromatic heterocycles. The molecule has 3 aromatic rings. The summed E-state index contributed by atoms with van der Waals surface area (Å²) in [5, 5.41) is 0.637. The summed E-state index contributed by atoms with van der Waals surface area (Å²) >= 11 is 3.38. The maximum absolute atomic E-state index is 13.8. The van der Waals surface area contributed by atoms with E-state index in [2.05, 4.69) is 15.9 Å². The topological polar surface area (TPSA) is 136 Å². The normalized spacial score (nSPS) is 21.8. The van der Waals surface area contributed by atoms with Crippen molar-refractivity contribution in [3.63, 3.8) is 0 Å². The van der Waals surface area contributed by atoms with Crippen LogP contribution in [-0.4, -0.2) is 65.3 Å². The number of hydrogen-bond acceptors (Lipinski definition) is 10. The summed E-state index contributed by atoms with van der Waals surface area (Å²) in [4.78, 5) is 62.1. The number of aromatic nitrogens is 1. The zero-order valence-corrected chi connectivity index (χ0v) is 25.2. The summed E-state index contributed by atoms with van der Waals surface area (Å²) in [6, 6.07) is 12.3. The first-order valence-electron chi connectivity index (χ1n) is 13.1. The molecule has 0 N–H and O–H groups in total. The fraction of sp³-hybridized carbons (Fsp3) is 0.367. The second-order valence-electron chi connectivity index (χ2n) is 9.84. The van der Waals surface area contributed by atoms with E-state index in [0.717, 1.165) is 23.9 Å². The molecule has 2 heterocycles. The molecule has 0 bridgehead atoms. The molecule has 2 aromatic carbocycles. The van der Waals surface area contributed by atoms with Crippen molar-refractivity contribution in [2.45, 2.75) is 65.3 Å². The SMILES string of the molecule is CC(=O)OC[C@H]1O[C@@H](n2cc(C(=O)c3ccc(Br)cc3)c3c(C)cccc32)[C@H](OC(C)=O)[C@@H](OC(C)=O)[C@@H]1OC(C)=O. The van der Waals surface area contributed by atoms with Gasteiger partial charge in [0.25, 0.3) is 0 Å². The second-order valence-corrected chi connectivity index (χ2v) is 10.8. The molecule has 222 valence electrons. The van der Waals surface area contributed by atoms with Crippen LogP contribution in [0.3, 0.4) is 0 Å². The van der Waals surface area contributed by atoms with Gasteiger partial charge in [-0.05, 0) is 42.8 Å². The summed E-state index contributed by atoms with van der Waals surface area (Å²) in [5.41, 5.74) is 2.18. The molecular weight excluding hydrogens is 614 g/mol. The first-order valence-corrected chi connectivity index (χ1v) is 13.9. The van der Waals surface area contributed by atoms with Crippen molar-refractivity contribution >= 4 is 56.5 Å². The molecule has 1 saturated heterocycles. The number of carbonyl (C=O) groups excluding carboxylic acids is 5. The molecule has 4 rings (SSSR count). The standard InChI is InChI=1S/C30H30BrNO10/c1-15-7-6-8-23-25(15)22(26(37)20-9-11-21(31)12-10-20)13-32(23)30-29(41-19(5)36)28(40-18(4)35)27(39-17(3)34)24(42-30)14-38-16(2)33/h6-13,24,27-30H,14H2,1-5H3/t24-,27-,28+,29-,30-/m1/s1. The van der Waals surface area contributed by atoms with E-state index in [4.69, 9.17) is 23.7 Å². The average molecular weight is 644 g/mol. The first kappa shape index (κ1) is 30.9. The van der Waals surface area contributed by atoms with E-state index < -0.39 is 54.5 Å². The minimum absolute atomic E-state index is 0.258. The summed E-state index contributed by atoms with van der Waals surface area (Å²) < 4.78 is 30.7. The van der Waals surface area contributed by atoms with Crippen molar-refractivity contribution in [1.82, 2.24) is 4.57 Å². The number of aryl methyl sites for hydroxylation is 1. The molecular formula is C30H30BrNO10. The third-order valence-electron chi connectivity index (χ3n) is 6.66. The molecule has 0 saturated carbocycles. The van der Waals surface area contributed by atoms with Crippen LogP contribution in [0.15, 0.2) is 53.1 Å². The van der Waals surface area contributed by atoms with E-state index in [1.165, 1.54) is 13.8 Å². The van der Waals surface area contributed by atoms with Crippen molar-refractivity contribution in [3.05, 3.63) is 69.8 Å². The van der Waals surface area contributed by atoms with Crippen LogP contribution in [0, 0.1) is 6.92 Å². The van der Waals surface area contributed by atoms with Crippen LogP contribution in [0.4, 0.5) is 0 Å². The Morgan fingerprint density at radius 2 is 1.40 bits per heavy atom. The number of benzene rings is 2. The lowest BCUT2D eigenvalue weighted by Gasteiger charge is -2.44. The lowest BCUT2D eigenvalue weighted by Crippen LogP contribution is -2.60. The monoisotopic (exact) mass is 643 g/mol. The zero-order valence-electron chi connectivity index (χ0n) is 23.6. The van der Waals surface area contributed by atoms with Crippen LogP contribution in [0.1, 0.15) is 55.4 Å². The van der Waals surface area contributed by atoms with Crippen LogP contribution >= 0.6 is 15.9 Å². The summed E-state index contributed by atoms with van der Waals surface area (Å²) in [7, 11) is 0. The largest absolute Gasteiger partial charge is 0.463 e. The van der Waals surface area contributed by atoms with Crippen molar-refractivity contribution in [1.29, 1.82) is 0 Å². The Hall–Kier alpha value is -4.03. The van der Waals surface area contributed by atoms with Gasteiger partial charge in [-0.2, -0.15) is 0 Å². The Morgan fingerprint density at radius 3 is 2.00 bits per heavy atom. The highest BCUT2D eigenvalue weighted by Gasteiger charge is 2.53. The molecule has 11 nitrogen and oxygen atoms in total. The maximum Gasteiger partial charge on any atom is 0.303 e. The van der Waals surface area contributed by atoms with Gasteiger partial charge < -0.3 is 28.3 Å².